The minimum atomic E-state index is 0.706. The number of nitrogens with zero attached hydrogens (tertiary/aromatic N) is 1. The maximum Gasteiger partial charge on any atom is 0.161 e. The number of pyridine rings is 1. The van der Waals surface area contributed by atoms with E-state index in [1.807, 2.05) is 42.5 Å². The average Bonchev–Trinajstić information content (AvgIpc) is 2.78. The molecule has 2 aromatic carbocycles. The molecule has 2 nitrogen and oxygen atoms in total. The second kappa shape index (κ2) is 3.47. The molecule has 0 fully saturated rings. The van der Waals surface area contributed by atoms with E-state index in [9.17, 15) is 0 Å². The van der Waals surface area contributed by atoms with Crippen molar-refractivity contribution in [2.75, 3.05) is 0 Å². The highest BCUT2D eigenvalue weighted by Crippen LogP contribution is 2.36. The Morgan fingerprint density at radius 3 is 2.72 bits per heavy atom. The smallest absolute Gasteiger partial charge is 0.161 e. The van der Waals surface area contributed by atoms with Crippen molar-refractivity contribution in [2.24, 2.45) is 0 Å². The topological polar surface area (TPSA) is 26.0 Å². The highest BCUT2D eigenvalue weighted by Gasteiger charge is 2.12. The number of aromatic nitrogens is 1. The van der Waals surface area contributed by atoms with Crippen molar-refractivity contribution in [3.05, 3.63) is 53.7 Å². The fourth-order valence-corrected chi connectivity index (χ4v) is 2.63. The van der Waals surface area contributed by atoms with Crippen LogP contribution in [0.1, 0.15) is 0 Å². The zero-order chi connectivity index (χ0) is 12.1. The van der Waals surface area contributed by atoms with E-state index >= 15 is 0 Å². The molecule has 0 bridgehead atoms. The molecule has 0 aliphatic rings. The summed E-state index contributed by atoms with van der Waals surface area (Å²) in [4.78, 5) is 4.39. The molecular weight excluding hydrogens is 246 g/mol. The van der Waals surface area contributed by atoms with E-state index in [4.69, 9.17) is 16.0 Å². The van der Waals surface area contributed by atoms with Crippen LogP contribution in [0.25, 0.3) is 32.8 Å². The maximum absolute atomic E-state index is 6.31. The van der Waals surface area contributed by atoms with Gasteiger partial charge >= 0.3 is 0 Å². The Hall–Kier alpha value is -2.06. The largest absolute Gasteiger partial charge is 0.454 e. The summed E-state index contributed by atoms with van der Waals surface area (Å²) >= 11 is 6.31. The van der Waals surface area contributed by atoms with Crippen LogP contribution in [0, 0.1) is 0 Å². The first-order chi connectivity index (χ1) is 8.84. The van der Waals surface area contributed by atoms with Crippen molar-refractivity contribution in [1.29, 1.82) is 0 Å². The number of rotatable bonds is 0. The number of hydrogen-bond donors (Lipinski definition) is 0. The molecule has 0 saturated heterocycles. The minimum Gasteiger partial charge on any atom is -0.454 e. The number of hydrogen-bond acceptors (Lipinski definition) is 2. The van der Waals surface area contributed by atoms with Crippen molar-refractivity contribution in [2.45, 2.75) is 0 Å². The molecule has 2 aromatic heterocycles. The molecule has 2 heterocycles. The molecule has 4 rings (SSSR count). The maximum atomic E-state index is 6.31. The second-order valence-corrected chi connectivity index (χ2v) is 4.64. The fourth-order valence-electron chi connectivity index (χ4n) is 2.37. The summed E-state index contributed by atoms with van der Waals surface area (Å²) in [6, 6.07) is 13.7. The quantitative estimate of drug-likeness (QED) is 0.450. The lowest BCUT2D eigenvalue weighted by Crippen LogP contribution is -1.79. The Morgan fingerprint density at radius 2 is 1.78 bits per heavy atom. The molecule has 0 amide bonds. The summed E-state index contributed by atoms with van der Waals surface area (Å²) in [6.07, 6.45) is 1.76. The zero-order valence-electron chi connectivity index (χ0n) is 9.35. The summed E-state index contributed by atoms with van der Waals surface area (Å²) in [6.45, 7) is 0. The van der Waals surface area contributed by atoms with Gasteiger partial charge in [0.1, 0.15) is 11.1 Å². The molecule has 3 heteroatoms. The van der Waals surface area contributed by atoms with E-state index in [2.05, 4.69) is 4.98 Å². The van der Waals surface area contributed by atoms with Gasteiger partial charge in [-0.3, -0.25) is 4.98 Å². The number of fused-ring (bicyclic) bond motifs is 5. The first kappa shape index (κ1) is 9.92. The summed E-state index contributed by atoms with van der Waals surface area (Å²) in [5, 5.41) is 3.71. The third-order valence-corrected chi connectivity index (χ3v) is 3.50. The first-order valence-electron chi connectivity index (χ1n) is 5.69. The van der Waals surface area contributed by atoms with E-state index in [-0.39, 0.29) is 0 Å². The van der Waals surface area contributed by atoms with Crippen molar-refractivity contribution in [1.82, 2.24) is 4.98 Å². The lowest BCUT2D eigenvalue weighted by Gasteiger charge is -1.99. The standard InChI is InChI=1S/C15H8ClNO/c16-12-8-11-9-4-1-2-6-13(9)18-15(11)14-10(12)5-3-7-17-14/h1-8H. The molecule has 0 unspecified atom stereocenters. The Labute approximate surface area is 108 Å². The molecule has 0 aliphatic heterocycles. The van der Waals surface area contributed by atoms with Gasteiger partial charge < -0.3 is 4.42 Å². The van der Waals surface area contributed by atoms with Crippen molar-refractivity contribution >= 4 is 44.4 Å². The lowest BCUT2D eigenvalue weighted by molar-refractivity contribution is 0.671. The number of benzene rings is 2. The summed E-state index contributed by atoms with van der Waals surface area (Å²) in [5.74, 6) is 0. The SMILES string of the molecule is Clc1cc2c3ccccc3oc2c2ncccc12. The van der Waals surface area contributed by atoms with Crippen LogP contribution >= 0.6 is 11.6 Å². The molecule has 0 N–H and O–H groups in total. The van der Waals surface area contributed by atoms with Gasteiger partial charge in [-0.05, 0) is 24.3 Å². The number of para-hydroxylation sites is 1. The molecular formula is C15H8ClNO. The minimum absolute atomic E-state index is 0.706. The van der Waals surface area contributed by atoms with Crippen LogP contribution in [0.5, 0.6) is 0 Å². The summed E-state index contributed by atoms with van der Waals surface area (Å²) in [7, 11) is 0. The molecule has 18 heavy (non-hydrogen) atoms. The molecule has 0 radical (unpaired) electrons. The van der Waals surface area contributed by atoms with E-state index in [1.54, 1.807) is 6.20 Å². The molecule has 4 aromatic rings. The highest BCUT2D eigenvalue weighted by molar-refractivity contribution is 6.37. The molecule has 0 saturated carbocycles. The van der Waals surface area contributed by atoms with Crippen molar-refractivity contribution < 1.29 is 4.42 Å². The summed E-state index contributed by atoms with van der Waals surface area (Å²) in [5.41, 5.74) is 2.48. The van der Waals surface area contributed by atoms with Gasteiger partial charge in [0.05, 0.1) is 5.02 Å². The number of furan rings is 1. The predicted octanol–water partition coefficient (Wildman–Crippen LogP) is 4.79. The van der Waals surface area contributed by atoms with Crippen LogP contribution in [-0.4, -0.2) is 4.98 Å². The normalized spacial score (nSPS) is 11.6. The van der Waals surface area contributed by atoms with Gasteiger partial charge in [0, 0.05) is 22.4 Å². The average molecular weight is 254 g/mol. The molecule has 86 valence electrons. The first-order valence-corrected chi connectivity index (χ1v) is 6.07. The predicted molar refractivity (Wildman–Crippen MR) is 74.0 cm³/mol. The Morgan fingerprint density at radius 1 is 0.944 bits per heavy atom. The van der Waals surface area contributed by atoms with E-state index in [0.717, 1.165) is 32.8 Å². The van der Waals surface area contributed by atoms with Crippen molar-refractivity contribution in [3.8, 4) is 0 Å². The van der Waals surface area contributed by atoms with Crippen LogP contribution in [0.15, 0.2) is 53.1 Å². The van der Waals surface area contributed by atoms with Gasteiger partial charge in [0.25, 0.3) is 0 Å². The van der Waals surface area contributed by atoms with Crippen LogP contribution in [0.3, 0.4) is 0 Å². The Kier molecular flexibility index (Phi) is 1.91. The van der Waals surface area contributed by atoms with Crippen LogP contribution in [-0.2, 0) is 0 Å². The molecule has 0 atom stereocenters. The second-order valence-electron chi connectivity index (χ2n) is 4.23. The van der Waals surface area contributed by atoms with Crippen molar-refractivity contribution in [3.63, 3.8) is 0 Å². The van der Waals surface area contributed by atoms with Crippen LogP contribution < -0.4 is 0 Å². The van der Waals surface area contributed by atoms with E-state index in [1.165, 1.54) is 0 Å². The molecule has 0 spiro atoms. The van der Waals surface area contributed by atoms with Gasteiger partial charge in [-0.25, -0.2) is 0 Å². The van der Waals surface area contributed by atoms with E-state index in [0.29, 0.717) is 5.02 Å². The fraction of sp³-hybridized carbons (Fsp3) is 0. The third kappa shape index (κ3) is 1.21. The van der Waals surface area contributed by atoms with Gasteiger partial charge in [0.2, 0.25) is 0 Å². The number of halogens is 1. The van der Waals surface area contributed by atoms with Crippen LogP contribution in [0.4, 0.5) is 0 Å². The van der Waals surface area contributed by atoms with Crippen LogP contribution in [0.2, 0.25) is 5.02 Å². The van der Waals surface area contributed by atoms with Gasteiger partial charge in [-0.2, -0.15) is 0 Å². The van der Waals surface area contributed by atoms with E-state index < -0.39 is 0 Å². The third-order valence-electron chi connectivity index (χ3n) is 3.19. The highest BCUT2D eigenvalue weighted by atomic mass is 35.5. The Balaban J connectivity index is 2.36. The lowest BCUT2D eigenvalue weighted by atomic mass is 10.1. The van der Waals surface area contributed by atoms with Gasteiger partial charge in [0.15, 0.2) is 5.58 Å². The Bertz CT molecular complexity index is 895. The van der Waals surface area contributed by atoms with Gasteiger partial charge in [-0.15, -0.1) is 0 Å². The zero-order valence-corrected chi connectivity index (χ0v) is 10.1. The monoisotopic (exact) mass is 253 g/mol. The summed E-state index contributed by atoms with van der Waals surface area (Å²) < 4.78 is 5.90. The van der Waals surface area contributed by atoms with Gasteiger partial charge in [-0.1, -0.05) is 29.8 Å². The molecule has 0 aliphatic carbocycles.